The van der Waals surface area contributed by atoms with Gasteiger partial charge in [-0.15, -0.1) is 0 Å². The van der Waals surface area contributed by atoms with Crippen LogP contribution in [0.25, 0.3) is 0 Å². The van der Waals surface area contributed by atoms with E-state index in [0.29, 0.717) is 36.9 Å². The molecule has 1 unspecified atom stereocenters. The Balaban J connectivity index is 1.58. The molecule has 0 bridgehead atoms. The summed E-state index contributed by atoms with van der Waals surface area (Å²) in [7, 11) is -3.49. The SMILES string of the molecule is CC1CCN(c2cc(C(=O)Nc3cc(Cl)cc(N4CCOCC4)c3)c(Cl)cn2)S1(=O)=O. The molecule has 2 aliphatic heterocycles. The third-order valence-corrected chi connectivity index (χ3v) is 8.17. The van der Waals surface area contributed by atoms with Crippen molar-refractivity contribution < 1.29 is 17.9 Å². The van der Waals surface area contributed by atoms with Crippen molar-refractivity contribution >= 4 is 56.3 Å². The molecule has 2 aromatic rings. The Morgan fingerprint density at radius 2 is 1.90 bits per heavy atom. The Bertz CT molecular complexity index is 1110. The second-order valence-electron chi connectivity index (χ2n) is 7.49. The lowest BCUT2D eigenvalue weighted by Crippen LogP contribution is -2.36. The molecule has 0 aliphatic carbocycles. The Morgan fingerprint density at radius 1 is 1.16 bits per heavy atom. The maximum absolute atomic E-state index is 13.0. The fraction of sp³-hybridized carbons (Fsp3) is 0.400. The van der Waals surface area contributed by atoms with Crippen molar-refractivity contribution in [1.29, 1.82) is 0 Å². The van der Waals surface area contributed by atoms with Gasteiger partial charge >= 0.3 is 0 Å². The minimum Gasteiger partial charge on any atom is -0.378 e. The zero-order valence-corrected chi connectivity index (χ0v) is 19.2. The summed E-state index contributed by atoms with van der Waals surface area (Å²) in [5.74, 6) is -0.299. The van der Waals surface area contributed by atoms with Gasteiger partial charge in [0.15, 0.2) is 0 Å². The third kappa shape index (κ3) is 4.59. The molecule has 1 amide bonds. The van der Waals surface area contributed by atoms with Gasteiger partial charge in [0.25, 0.3) is 5.91 Å². The second-order valence-corrected chi connectivity index (χ2v) is 10.6. The monoisotopic (exact) mass is 484 g/mol. The number of anilines is 3. The summed E-state index contributed by atoms with van der Waals surface area (Å²) < 4.78 is 31.6. The molecule has 8 nitrogen and oxygen atoms in total. The van der Waals surface area contributed by atoms with Crippen LogP contribution in [-0.4, -0.2) is 57.4 Å². The minimum atomic E-state index is -3.49. The van der Waals surface area contributed by atoms with Crippen LogP contribution in [0.4, 0.5) is 17.2 Å². The summed E-state index contributed by atoms with van der Waals surface area (Å²) in [5.41, 5.74) is 1.52. The summed E-state index contributed by atoms with van der Waals surface area (Å²) in [5, 5.41) is 2.92. The average Bonchev–Trinajstić information content (AvgIpc) is 3.01. The van der Waals surface area contributed by atoms with E-state index in [9.17, 15) is 13.2 Å². The zero-order valence-electron chi connectivity index (χ0n) is 16.8. The number of rotatable bonds is 4. The molecule has 2 aliphatic rings. The minimum absolute atomic E-state index is 0.126. The van der Waals surface area contributed by atoms with E-state index in [4.69, 9.17) is 27.9 Å². The highest BCUT2D eigenvalue weighted by Gasteiger charge is 2.36. The first-order valence-corrected chi connectivity index (χ1v) is 12.1. The van der Waals surface area contributed by atoms with Crippen molar-refractivity contribution in [2.24, 2.45) is 0 Å². The number of sulfonamides is 1. The first-order chi connectivity index (χ1) is 14.8. The maximum atomic E-state index is 13.0. The topological polar surface area (TPSA) is 91.8 Å². The van der Waals surface area contributed by atoms with Gasteiger partial charge in [0.05, 0.1) is 29.0 Å². The molecule has 2 fully saturated rings. The van der Waals surface area contributed by atoms with Crippen LogP contribution in [0.2, 0.25) is 10.0 Å². The van der Waals surface area contributed by atoms with Crippen LogP contribution in [0.5, 0.6) is 0 Å². The highest BCUT2D eigenvalue weighted by atomic mass is 35.5. The van der Waals surface area contributed by atoms with E-state index in [2.05, 4.69) is 15.2 Å². The van der Waals surface area contributed by atoms with Crippen LogP contribution >= 0.6 is 23.2 Å². The van der Waals surface area contributed by atoms with Gasteiger partial charge in [0, 0.05) is 42.2 Å². The zero-order chi connectivity index (χ0) is 22.2. The highest BCUT2D eigenvalue weighted by molar-refractivity contribution is 7.93. The number of benzene rings is 1. The summed E-state index contributed by atoms with van der Waals surface area (Å²) in [6.45, 7) is 4.69. The summed E-state index contributed by atoms with van der Waals surface area (Å²) in [6.07, 6.45) is 1.79. The molecule has 166 valence electrons. The number of hydrogen-bond donors (Lipinski definition) is 1. The summed E-state index contributed by atoms with van der Waals surface area (Å²) in [4.78, 5) is 19.2. The second kappa shape index (κ2) is 8.82. The van der Waals surface area contributed by atoms with Crippen molar-refractivity contribution in [3.05, 3.63) is 46.1 Å². The quantitative estimate of drug-likeness (QED) is 0.714. The van der Waals surface area contributed by atoms with Crippen molar-refractivity contribution in [1.82, 2.24) is 4.98 Å². The fourth-order valence-electron chi connectivity index (χ4n) is 3.62. The molecule has 1 aromatic heterocycles. The number of halogens is 2. The molecule has 1 aromatic carbocycles. The number of nitrogens with one attached hydrogen (secondary N) is 1. The largest absolute Gasteiger partial charge is 0.378 e. The average molecular weight is 485 g/mol. The lowest BCUT2D eigenvalue weighted by molar-refractivity contribution is 0.102. The van der Waals surface area contributed by atoms with E-state index in [1.807, 2.05) is 12.1 Å². The number of morpholine rings is 1. The molecular weight excluding hydrogens is 463 g/mol. The van der Waals surface area contributed by atoms with Crippen molar-refractivity contribution in [2.75, 3.05) is 47.4 Å². The van der Waals surface area contributed by atoms with Gasteiger partial charge in [-0.3, -0.25) is 9.10 Å². The van der Waals surface area contributed by atoms with Gasteiger partial charge in [0.2, 0.25) is 10.0 Å². The normalized spacial score (nSPS) is 20.7. The number of carbonyl (C=O) groups is 1. The van der Waals surface area contributed by atoms with E-state index in [1.165, 1.54) is 16.6 Å². The van der Waals surface area contributed by atoms with E-state index >= 15 is 0 Å². The molecule has 0 spiro atoms. The van der Waals surface area contributed by atoms with Crippen LogP contribution < -0.4 is 14.5 Å². The number of hydrogen-bond acceptors (Lipinski definition) is 6. The molecule has 4 rings (SSSR count). The summed E-state index contributed by atoms with van der Waals surface area (Å²) >= 11 is 12.5. The van der Waals surface area contributed by atoms with E-state index in [1.54, 1.807) is 13.0 Å². The first-order valence-electron chi connectivity index (χ1n) is 9.87. The van der Waals surface area contributed by atoms with Crippen molar-refractivity contribution in [3.63, 3.8) is 0 Å². The fourth-order valence-corrected chi connectivity index (χ4v) is 5.60. The molecule has 3 heterocycles. The smallest absolute Gasteiger partial charge is 0.257 e. The third-order valence-electron chi connectivity index (χ3n) is 5.41. The van der Waals surface area contributed by atoms with Crippen LogP contribution in [0.15, 0.2) is 30.5 Å². The van der Waals surface area contributed by atoms with Crippen LogP contribution in [0.3, 0.4) is 0 Å². The molecule has 1 atom stereocenters. The molecule has 0 saturated carbocycles. The number of amides is 1. The number of pyridine rings is 1. The van der Waals surface area contributed by atoms with Crippen molar-refractivity contribution in [3.8, 4) is 0 Å². The van der Waals surface area contributed by atoms with Gasteiger partial charge < -0.3 is 15.0 Å². The number of ether oxygens (including phenoxy) is 1. The van der Waals surface area contributed by atoms with Gasteiger partial charge in [-0.2, -0.15) is 0 Å². The van der Waals surface area contributed by atoms with E-state index < -0.39 is 21.2 Å². The predicted molar refractivity (Wildman–Crippen MR) is 122 cm³/mol. The standard InChI is InChI=1S/C20H22Cl2N4O4S/c1-13-2-3-26(31(13,28)29)19-11-17(18(22)12-23-19)20(27)24-15-8-14(21)9-16(10-15)25-4-6-30-7-5-25/h8-13H,2-7H2,1H3,(H,24,27). The van der Waals surface area contributed by atoms with Gasteiger partial charge in [0.1, 0.15) is 5.82 Å². The molecule has 2 saturated heterocycles. The Kier molecular flexibility index (Phi) is 6.30. The number of nitrogens with zero attached hydrogens (tertiary/aromatic N) is 3. The molecule has 31 heavy (non-hydrogen) atoms. The van der Waals surface area contributed by atoms with E-state index in [0.717, 1.165) is 18.8 Å². The van der Waals surface area contributed by atoms with Gasteiger partial charge in [-0.25, -0.2) is 13.4 Å². The summed E-state index contributed by atoms with van der Waals surface area (Å²) in [6, 6.07) is 6.71. The Hall–Kier alpha value is -2.07. The van der Waals surface area contributed by atoms with Gasteiger partial charge in [-0.1, -0.05) is 23.2 Å². The van der Waals surface area contributed by atoms with Crippen LogP contribution in [0, 0.1) is 0 Å². The Labute approximate surface area is 191 Å². The molecule has 1 N–H and O–H groups in total. The van der Waals surface area contributed by atoms with E-state index in [-0.39, 0.29) is 16.4 Å². The highest BCUT2D eigenvalue weighted by Crippen LogP contribution is 2.31. The number of carbonyl (C=O) groups excluding carboxylic acids is 1. The predicted octanol–water partition coefficient (Wildman–Crippen LogP) is 3.41. The van der Waals surface area contributed by atoms with Crippen LogP contribution in [0.1, 0.15) is 23.7 Å². The first kappa shape index (κ1) is 22.1. The lowest BCUT2D eigenvalue weighted by atomic mass is 10.2. The van der Waals surface area contributed by atoms with Gasteiger partial charge in [-0.05, 0) is 37.6 Å². The Morgan fingerprint density at radius 3 is 2.58 bits per heavy atom. The van der Waals surface area contributed by atoms with Crippen molar-refractivity contribution in [2.45, 2.75) is 18.6 Å². The van der Waals surface area contributed by atoms with Crippen LogP contribution in [-0.2, 0) is 14.8 Å². The lowest BCUT2D eigenvalue weighted by Gasteiger charge is -2.29. The molecule has 0 radical (unpaired) electrons. The number of aromatic nitrogens is 1. The maximum Gasteiger partial charge on any atom is 0.257 e. The molecular formula is C20H22Cl2N4O4S. The molecule has 11 heteroatoms.